The Balaban J connectivity index is 1.96. The maximum absolute atomic E-state index is 9.12. The van der Waals surface area contributed by atoms with Crippen LogP contribution < -0.4 is 14.2 Å². The smallest absolute Gasteiger partial charge is 0.179 e. The molecule has 0 radical (unpaired) electrons. The van der Waals surface area contributed by atoms with Crippen molar-refractivity contribution in [2.24, 2.45) is 0 Å². The van der Waals surface area contributed by atoms with E-state index in [0.717, 1.165) is 11.3 Å². The summed E-state index contributed by atoms with van der Waals surface area (Å²) in [4.78, 5) is 0. The van der Waals surface area contributed by atoms with Gasteiger partial charge in [0.2, 0.25) is 0 Å². The zero-order valence-electron chi connectivity index (χ0n) is 13.1. The van der Waals surface area contributed by atoms with Crippen molar-refractivity contribution in [1.82, 2.24) is 0 Å². The van der Waals surface area contributed by atoms with E-state index in [1.807, 2.05) is 26.0 Å². The van der Waals surface area contributed by atoms with Gasteiger partial charge >= 0.3 is 0 Å². The quantitative estimate of drug-likeness (QED) is 0.764. The maximum Gasteiger partial charge on any atom is 0.179 e. The first kappa shape index (κ1) is 15.7. The Bertz CT molecular complexity index is 689. The first-order chi connectivity index (χ1) is 10.7. The number of nitriles is 1. The Hall–Kier alpha value is -2.67. The fourth-order valence-corrected chi connectivity index (χ4v) is 2.17. The molecule has 0 aliphatic heterocycles. The highest BCUT2D eigenvalue weighted by Crippen LogP contribution is 2.30. The summed E-state index contributed by atoms with van der Waals surface area (Å²) in [6.07, 6.45) is 0. The predicted molar refractivity (Wildman–Crippen MR) is 84.6 cm³/mol. The molecule has 0 aromatic heterocycles. The molecule has 0 N–H and O–H groups in total. The van der Waals surface area contributed by atoms with Crippen LogP contribution in [0.5, 0.6) is 17.2 Å². The van der Waals surface area contributed by atoms with Gasteiger partial charge in [0, 0.05) is 0 Å². The van der Waals surface area contributed by atoms with Crippen LogP contribution in [0.1, 0.15) is 16.7 Å². The Morgan fingerprint density at radius 2 is 1.77 bits per heavy atom. The molecule has 0 saturated heterocycles. The first-order valence-electron chi connectivity index (χ1n) is 7.05. The minimum atomic E-state index is 0.336. The third kappa shape index (κ3) is 3.70. The first-order valence-corrected chi connectivity index (χ1v) is 7.05. The Kier molecular flexibility index (Phi) is 5.26. The van der Waals surface area contributed by atoms with E-state index in [1.54, 1.807) is 25.3 Å². The van der Waals surface area contributed by atoms with Crippen LogP contribution in [0.25, 0.3) is 0 Å². The fourth-order valence-electron chi connectivity index (χ4n) is 2.17. The number of para-hydroxylation sites is 1. The molecular formula is C18H19NO3. The van der Waals surface area contributed by atoms with Crippen LogP contribution in [0.15, 0.2) is 36.4 Å². The number of benzene rings is 2. The Labute approximate surface area is 130 Å². The van der Waals surface area contributed by atoms with Crippen molar-refractivity contribution in [2.45, 2.75) is 13.8 Å². The summed E-state index contributed by atoms with van der Waals surface area (Å²) in [6.45, 7) is 4.79. The third-order valence-corrected chi connectivity index (χ3v) is 3.24. The highest BCUT2D eigenvalue weighted by atomic mass is 16.5. The fraction of sp³-hybridized carbons (Fsp3) is 0.278. The number of aryl methyl sites for hydroxylation is 2. The number of hydrogen-bond acceptors (Lipinski definition) is 4. The molecule has 0 fully saturated rings. The lowest BCUT2D eigenvalue weighted by molar-refractivity contribution is 0.210. The van der Waals surface area contributed by atoms with Gasteiger partial charge in [0.1, 0.15) is 25.0 Å². The molecule has 4 heteroatoms. The van der Waals surface area contributed by atoms with E-state index in [0.29, 0.717) is 30.3 Å². The summed E-state index contributed by atoms with van der Waals surface area (Å²) in [5.41, 5.74) is 2.75. The van der Waals surface area contributed by atoms with Crippen LogP contribution in [0.4, 0.5) is 0 Å². The molecular weight excluding hydrogens is 278 g/mol. The minimum Gasteiger partial charge on any atom is -0.493 e. The second-order valence-corrected chi connectivity index (χ2v) is 4.91. The van der Waals surface area contributed by atoms with Gasteiger partial charge in [0.15, 0.2) is 11.5 Å². The average molecular weight is 297 g/mol. The molecule has 2 aromatic carbocycles. The number of nitrogens with zero attached hydrogens (tertiary/aromatic N) is 1. The molecule has 0 bridgehead atoms. The van der Waals surface area contributed by atoms with Gasteiger partial charge in [0.05, 0.1) is 12.7 Å². The summed E-state index contributed by atoms with van der Waals surface area (Å²) < 4.78 is 16.6. The van der Waals surface area contributed by atoms with Crippen LogP contribution in [0, 0.1) is 25.2 Å². The van der Waals surface area contributed by atoms with E-state index >= 15 is 0 Å². The zero-order chi connectivity index (χ0) is 15.9. The second kappa shape index (κ2) is 7.37. The van der Waals surface area contributed by atoms with Crippen molar-refractivity contribution >= 4 is 0 Å². The number of ether oxygens (including phenoxy) is 3. The summed E-state index contributed by atoms with van der Waals surface area (Å²) in [6, 6.07) is 13.4. The highest BCUT2D eigenvalue weighted by molar-refractivity contribution is 5.52. The molecule has 2 aromatic rings. The normalized spacial score (nSPS) is 9.91. The zero-order valence-corrected chi connectivity index (χ0v) is 13.1. The SMILES string of the molecule is COc1cccc(C#N)c1OCCOc1ccc(C)cc1C. The van der Waals surface area contributed by atoms with Crippen LogP contribution in [0.3, 0.4) is 0 Å². The molecule has 2 rings (SSSR count). The predicted octanol–water partition coefficient (Wildman–Crippen LogP) is 3.64. The highest BCUT2D eigenvalue weighted by Gasteiger charge is 2.10. The van der Waals surface area contributed by atoms with E-state index in [1.165, 1.54) is 5.56 Å². The van der Waals surface area contributed by atoms with Gasteiger partial charge in [-0.05, 0) is 37.6 Å². The lowest BCUT2D eigenvalue weighted by Crippen LogP contribution is -2.11. The number of hydrogen-bond donors (Lipinski definition) is 0. The van der Waals surface area contributed by atoms with Gasteiger partial charge in [0.25, 0.3) is 0 Å². The summed E-state index contributed by atoms with van der Waals surface area (Å²) in [5.74, 6) is 1.84. The van der Waals surface area contributed by atoms with Crippen LogP contribution in [-0.2, 0) is 0 Å². The van der Waals surface area contributed by atoms with Gasteiger partial charge in [-0.1, -0.05) is 23.8 Å². The van der Waals surface area contributed by atoms with Gasteiger partial charge in [-0.2, -0.15) is 5.26 Å². The lowest BCUT2D eigenvalue weighted by atomic mass is 10.1. The monoisotopic (exact) mass is 297 g/mol. The van der Waals surface area contributed by atoms with Crippen LogP contribution >= 0.6 is 0 Å². The molecule has 22 heavy (non-hydrogen) atoms. The molecule has 0 aliphatic rings. The molecule has 0 saturated carbocycles. The minimum absolute atomic E-state index is 0.336. The number of rotatable bonds is 6. The molecule has 4 nitrogen and oxygen atoms in total. The van der Waals surface area contributed by atoms with E-state index in [2.05, 4.69) is 12.1 Å². The van der Waals surface area contributed by atoms with E-state index in [-0.39, 0.29) is 0 Å². The maximum atomic E-state index is 9.12. The van der Waals surface area contributed by atoms with E-state index in [4.69, 9.17) is 19.5 Å². The van der Waals surface area contributed by atoms with Gasteiger partial charge in [-0.3, -0.25) is 0 Å². The molecule has 0 atom stereocenters. The molecule has 114 valence electrons. The van der Waals surface area contributed by atoms with Crippen molar-refractivity contribution in [1.29, 1.82) is 5.26 Å². The van der Waals surface area contributed by atoms with E-state index in [9.17, 15) is 0 Å². The lowest BCUT2D eigenvalue weighted by Gasteiger charge is -2.13. The van der Waals surface area contributed by atoms with Crippen molar-refractivity contribution in [3.8, 4) is 23.3 Å². The molecule has 0 amide bonds. The Morgan fingerprint density at radius 3 is 2.45 bits per heavy atom. The average Bonchev–Trinajstić information content (AvgIpc) is 2.53. The summed E-state index contributed by atoms with van der Waals surface area (Å²) in [5, 5.41) is 9.12. The van der Waals surface area contributed by atoms with Gasteiger partial charge < -0.3 is 14.2 Å². The van der Waals surface area contributed by atoms with E-state index < -0.39 is 0 Å². The topological polar surface area (TPSA) is 51.5 Å². The molecule has 0 spiro atoms. The summed E-state index contributed by atoms with van der Waals surface area (Å²) in [7, 11) is 1.55. The third-order valence-electron chi connectivity index (χ3n) is 3.24. The van der Waals surface area contributed by atoms with Crippen molar-refractivity contribution in [3.05, 3.63) is 53.1 Å². The van der Waals surface area contributed by atoms with Crippen molar-refractivity contribution in [2.75, 3.05) is 20.3 Å². The van der Waals surface area contributed by atoms with Gasteiger partial charge in [-0.15, -0.1) is 0 Å². The Morgan fingerprint density at radius 1 is 1.00 bits per heavy atom. The van der Waals surface area contributed by atoms with Crippen LogP contribution in [0.2, 0.25) is 0 Å². The molecule has 0 heterocycles. The van der Waals surface area contributed by atoms with Crippen molar-refractivity contribution in [3.63, 3.8) is 0 Å². The largest absolute Gasteiger partial charge is 0.493 e. The van der Waals surface area contributed by atoms with Crippen molar-refractivity contribution < 1.29 is 14.2 Å². The van der Waals surface area contributed by atoms with Gasteiger partial charge in [-0.25, -0.2) is 0 Å². The standard InChI is InChI=1S/C18H19NO3/c1-13-7-8-16(14(2)11-13)21-9-10-22-18-15(12-19)5-4-6-17(18)20-3/h4-8,11H,9-10H2,1-3H3. The molecule has 0 aliphatic carbocycles. The number of methoxy groups -OCH3 is 1. The van der Waals surface area contributed by atoms with Crippen LogP contribution in [-0.4, -0.2) is 20.3 Å². The molecule has 0 unspecified atom stereocenters. The summed E-state index contributed by atoms with van der Waals surface area (Å²) >= 11 is 0. The second-order valence-electron chi connectivity index (χ2n) is 4.91.